The predicted octanol–water partition coefficient (Wildman–Crippen LogP) is 3.90. The number of hydrogen-bond donors (Lipinski definition) is 1. The zero-order valence-electron chi connectivity index (χ0n) is 12.9. The number of nitrogens with one attached hydrogen (secondary N) is 1. The molecule has 1 heterocycles. The highest BCUT2D eigenvalue weighted by Gasteiger charge is 2.15. The molecule has 0 spiro atoms. The zero-order chi connectivity index (χ0) is 15.2. The molecule has 0 fully saturated rings. The third kappa shape index (κ3) is 4.48. The maximum atomic E-state index is 12.1. The molecule has 0 aliphatic carbocycles. The van der Waals surface area contributed by atoms with E-state index >= 15 is 0 Å². The van der Waals surface area contributed by atoms with Gasteiger partial charge in [-0.15, -0.1) is 0 Å². The number of amides is 1. The molecular weight excluding hydrogens is 262 g/mol. The van der Waals surface area contributed by atoms with E-state index in [4.69, 9.17) is 4.42 Å². The first-order valence-electron chi connectivity index (χ1n) is 7.45. The lowest BCUT2D eigenvalue weighted by atomic mass is 9.96. The standard InChI is InChI=1S/C18H23NO2/c1-13(2)11-15-6-8-16(9-7-15)14(3)18(20)19-12-17-5-4-10-21-17/h4-10,13-14H,11-12H2,1-3H3,(H,19,20). The van der Waals surface area contributed by atoms with Crippen molar-refractivity contribution in [2.24, 2.45) is 5.92 Å². The van der Waals surface area contributed by atoms with Crippen LogP contribution in [0.3, 0.4) is 0 Å². The maximum absolute atomic E-state index is 12.1. The Morgan fingerprint density at radius 3 is 2.43 bits per heavy atom. The minimum Gasteiger partial charge on any atom is -0.467 e. The molecule has 1 aromatic carbocycles. The van der Waals surface area contributed by atoms with Crippen LogP contribution in [0.1, 0.15) is 43.6 Å². The first-order valence-corrected chi connectivity index (χ1v) is 7.45. The van der Waals surface area contributed by atoms with E-state index in [9.17, 15) is 4.79 Å². The van der Waals surface area contributed by atoms with Gasteiger partial charge in [-0.1, -0.05) is 38.1 Å². The van der Waals surface area contributed by atoms with Gasteiger partial charge in [-0.2, -0.15) is 0 Å². The van der Waals surface area contributed by atoms with Crippen LogP contribution in [0.15, 0.2) is 47.1 Å². The summed E-state index contributed by atoms with van der Waals surface area (Å²) in [6.45, 7) is 6.77. The summed E-state index contributed by atoms with van der Waals surface area (Å²) in [5.74, 6) is 1.27. The van der Waals surface area contributed by atoms with Crippen molar-refractivity contribution in [3.05, 3.63) is 59.5 Å². The fourth-order valence-electron chi connectivity index (χ4n) is 2.31. The van der Waals surface area contributed by atoms with Crippen LogP contribution in [0.5, 0.6) is 0 Å². The second kappa shape index (κ2) is 7.11. The molecule has 3 nitrogen and oxygen atoms in total. The van der Waals surface area contributed by atoms with E-state index in [-0.39, 0.29) is 11.8 Å². The van der Waals surface area contributed by atoms with Crippen molar-refractivity contribution < 1.29 is 9.21 Å². The van der Waals surface area contributed by atoms with Crippen LogP contribution in [0.2, 0.25) is 0 Å². The molecule has 0 saturated heterocycles. The summed E-state index contributed by atoms with van der Waals surface area (Å²) in [4.78, 5) is 12.1. The summed E-state index contributed by atoms with van der Waals surface area (Å²) in [5.41, 5.74) is 2.36. The highest BCUT2D eigenvalue weighted by molar-refractivity contribution is 5.83. The van der Waals surface area contributed by atoms with Gasteiger partial charge >= 0.3 is 0 Å². The fraction of sp³-hybridized carbons (Fsp3) is 0.389. The van der Waals surface area contributed by atoms with Crippen molar-refractivity contribution in [1.29, 1.82) is 0 Å². The summed E-state index contributed by atoms with van der Waals surface area (Å²) >= 11 is 0. The van der Waals surface area contributed by atoms with E-state index in [0.717, 1.165) is 17.7 Å². The van der Waals surface area contributed by atoms with Crippen LogP contribution in [0.4, 0.5) is 0 Å². The van der Waals surface area contributed by atoms with Crippen LogP contribution < -0.4 is 5.32 Å². The van der Waals surface area contributed by atoms with E-state index in [1.165, 1.54) is 5.56 Å². The molecule has 1 amide bonds. The Morgan fingerprint density at radius 1 is 1.14 bits per heavy atom. The summed E-state index contributed by atoms with van der Waals surface area (Å²) in [6, 6.07) is 12.0. The summed E-state index contributed by atoms with van der Waals surface area (Å²) < 4.78 is 5.21. The molecule has 0 aliphatic heterocycles. The zero-order valence-corrected chi connectivity index (χ0v) is 12.9. The molecular formula is C18H23NO2. The van der Waals surface area contributed by atoms with Gasteiger partial charge in [-0.05, 0) is 42.5 Å². The van der Waals surface area contributed by atoms with Gasteiger partial charge in [0.15, 0.2) is 0 Å². The van der Waals surface area contributed by atoms with Gasteiger partial charge in [-0.25, -0.2) is 0 Å². The predicted molar refractivity (Wildman–Crippen MR) is 84.0 cm³/mol. The Hall–Kier alpha value is -2.03. The Balaban J connectivity index is 1.92. The molecule has 2 aromatic rings. The van der Waals surface area contributed by atoms with Crippen LogP contribution in [-0.4, -0.2) is 5.91 Å². The highest BCUT2D eigenvalue weighted by atomic mass is 16.3. The topological polar surface area (TPSA) is 42.2 Å². The van der Waals surface area contributed by atoms with Crippen molar-refractivity contribution in [2.75, 3.05) is 0 Å². The number of benzene rings is 1. The highest BCUT2D eigenvalue weighted by Crippen LogP contribution is 2.18. The van der Waals surface area contributed by atoms with Crippen LogP contribution in [-0.2, 0) is 17.8 Å². The van der Waals surface area contributed by atoms with Crippen molar-refractivity contribution in [3.63, 3.8) is 0 Å². The molecule has 1 unspecified atom stereocenters. The largest absolute Gasteiger partial charge is 0.467 e. The van der Waals surface area contributed by atoms with Crippen LogP contribution in [0.25, 0.3) is 0 Å². The number of hydrogen-bond acceptors (Lipinski definition) is 2. The fourth-order valence-corrected chi connectivity index (χ4v) is 2.31. The molecule has 0 bridgehead atoms. The molecule has 3 heteroatoms. The van der Waals surface area contributed by atoms with Gasteiger partial charge in [0.05, 0.1) is 18.7 Å². The van der Waals surface area contributed by atoms with Crippen molar-refractivity contribution >= 4 is 5.91 Å². The van der Waals surface area contributed by atoms with Crippen molar-refractivity contribution in [3.8, 4) is 0 Å². The number of carbonyl (C=O) groups is 1. The Morgan fingerprint density at radius 2 is 1.86 bits per heavy atom. The average Bonchev–Trinajstić information content (AvgIpc) is 2.97. The van der Waals surface area contributed by atoms with Crippen LogP contribution >= 0.6 is 0 Å². The van der Waals surface area contributed by atoms with Crippen LogP contribution in [0, 0.1) is 5.92 Å². The minimum absolute atomic E-state index is 0.0167. The molecule has 0 saturated carbocycles. The smallest absolute Gasteiger partial charge is 0.227 e. The third-order valence-corrected chi connectivity index (χ3v) is 3.53. The first kappa shape index (κ1) is 15.4. The molecule has 1 N–H and O–H groups in total. The van der Waals surface area contributed by atoms with Crippen molar-refractivity contribution in [1.82, 2.24) is 5.32 Å². The maximum Gasteiger partial charge on any atom is 0.227 e. The number of furan rings is 1. The van der Waals surface area contributed by atoms with E-state index in [2.05, 4.69) is 43.4 Å². The quantitative estimate of drug-likeness (QED) is 0.874. The third-order valence-electron chi connectivity index (χ3n) is 3.53. The number of carbonyl (C=O) groups excluding carboxylic acids is 1. The van der Waals surface area contributed by atoms with Crippen molar-refractivity contribution in [2.45, 2.75) is 39.7 Å². The summed E-state index contributed by atoms with van der Waals surface area (Å²) in [7, 11) is 0. The van der Waals surface area contributed by atoms with Gasteiger partial charge in [0.1, 0.15) is 5.76 Å². The van der Waals surface area contributed by atoms with Gasteiger partial charge < -0.3 is 9.73 Å². The molecule has 21 heavy (non-hydrogen) atoms. The monoisotopic (exact) mass is 285 g/mol. The second-order valence-electron chi connectivity index (χ2n) is 5.86. The first-order chi connectivity index (χ1) is 10.1. The lowest BCUT2D eigenvalue weighted by molar-refractivity contribution is -0.122. The minimum atomic E-state index is -0.159. The van der Waals surface area contributed by atoms with E-state index in [1.54, 1.807) is 6.26 Å². The molecule has 2 rings (SSSR count). The van der Waals surface area contributed by atoms with E-state index < -0.39 is 0 Å². The molecule has 112 valence electrons. The SMILES string of the molecule is CC(C)Cc1ccc(C(C)C(=O)NCc2ccco2)cc1. The van der Waals surface area contributed by atoms with E-state index in [0.29, 0.717) is 12.5 Å². The Kier molecular flexibility index (Phi) is 5.20. The molecule has 1 aromatic heterocycles. The lowest BCUT2D eigenvalue weighted by Crippen LogP contribution is -2.27. The van der Waals surface area contributed by atoms with E-state index in [1.807, 2.05) is 19.1 Å². The normalized spacial score (nSPS) is 12.4. The second-order valence-corrected chi connectivity index (χ2v) is 5.86. The van der Waals surface area contributed by atoms with Gasteiger partial charge in [0.2, 0.25) is 5.91 Å². The average molecular weight is 285 g/mol. The summed E-state index contributed by atoms with van der Waals surface area (Å²) in [5, 5.41) is 2.90. The van der Waals surface area contributed by atoms with Gasteiger partial charge in [0, 0.05) is 0 Å². The molecule has 0 radical (unpaired) electrons. The number of rotatable bonds is 6. The van der Waals surface area contributed by atoms with Gasteiger partial charge in [0.25, 0.3) is 0 Å². The molecule has 0 aliphatic rings. The van der Waals surface area contributed by atoms with Gasteiger partial charge in [-0.3, -0.25) is 4.79 Å². The summed E-state index contributed by atoms with van der Waals surface area (Å²) in [6.07, 6.45) is 2.68. The Labute approximate surface area is 126 Å². The Bertz CT molecular complexity index is 555. The lowest BCUT2D eigenvalue weighted by Gasteiger charge is -2.13. The molecule has 1 atom stereocenters.